The number of piperazine rings is 1. The lowest BCUT2D eigenvalue weighted by molar-refractivity contribution is 0.0952. The summed E-state index contributed by atoms with van der Waals surface area (Å²) in [6, 6.07) is 3.86. The van der Waals surface area contributed by atoms with Crippen molar-refractivity contribution < 1.29 is 9.90 Å². The number of likely N-dealkylation sites (N-methyl/N-ethyl adjacent to an activating group) is 1. The van der Waals surface area contributed by atoms with Gasteiger partial charge in [0.25, 0.3) is 5.91 Å². The molecular formula is C25H44N4O2. The van der Waals surface area contributed by atoms with E-state index in [1.54, 1.807) is 6.20 Å². The van der Waals surface area contributed by atoms with Gasteiger partial charge in [-0.05, 0) is 32.0 Å². The van der Waals surface area contributed by atoms with Gasteiger partial charge in [0, 0.05) is 45.5 Å². The molecule has 1 amide bonds. The number of amides is 1. The van der Waals surface area contributed by atoms with Crippen LogP contribution in [0.1, 0.15) is 87.4 Å². The molecule has 1 saturated heterocycles. The third-order valence-electron chi connectivity index (χ3n) is 6.21. The monoisotopic (exact) mass is 432 g/mol. The Labute approximate surface area is 189 Å². The average molecular weight is 433 g/mol. The first-order valence-electron chi connectivity index (χ1n) is 12.5. The Morgan fingerprint density at radius 3 is 1.94 bits per heavy atom. The largest absolute Gasteiger partial charge is 0.396 e. The maximum atomic E-state index is 12.3. The number of aliphatic hydroxyl groups is 1. The molecule has 0 aromatic carbocycles. The fourth-order valence-corrected chi connectivity index (χ4v) is 4.05. The van der Waals surface area contributed by atoms with E-state index in [-0.39, 0.29) is 5.91 Å². The van der Waals surface area contributed by atoms with Crippen LogP contribution in [0.2, 0.25) is 0 Å². The molecule has 0 atom stereocenters. The van der Waals surface area contributed by atoms with Crippen LogP contribution >= 0.6 is 0 Å². The van der Waals surface area contributed by atoms with Gasteiger partial charge in [-0.1, -0.05) is 64.2 Å². The molecule has 31 heavy (non-hydrogen) atoms. The summed E-state index contributed by atoms with van der Waals surface area (Å²) in [6.45, 7) is 5.16. The first kappa shape index (κ1) is 25.6. The van der Waals surface area contributed by atoms with Crippen LogP contribution in [-0.4, -0.2) is 67.3 Å². The molecule has 1 aliphatic rings. The van der Waals surface area contributed by atoms with Crippen LogP contribution in [0.3, 0.4) is 0 Å². The molecule has 6 nitrogen and oxygen atoms in total. The van der Waals surface area contributed by atoms with Gasteiger partial charge in [0.1, 0.15) is 5.82 Å². The van der Waals surface area contributed by atoms with Crippen LogP contribution in [-0.2, 0) is 0 Å². The Bertz CT molecular complexity index is 586. The van der Waals surface area contributed by atoms with Gasteiger partial charge >= 0.3 is 0 Å². The van der Waals surface area contributed by atoms with E-state index in [9.17, 15) is 4.79 Å². The van der Waals surface area contributed by atoms with Crippen molar-refractivity contribution in [2.45, 2.75) is 77.0 Å². The van der Waals surface area contributed by atoms with Crippen LogP contribution < -0.4 is 10.2 Å². The van der Waals surface area contributed by atoms with Crippen LogP contribution in [0.15, 0.2) is 18.3 Å². The molecule has 2 rings (SSSR count). The number of carbonyl (C=O) groups is 1. The molecule has 0 aliphatic carbocycles. The van der Waals surface area contributed by atoms with Crippen LogP contribution in [0.4, 0.5) is 5.82 Å². The number of anilines is 1. The van der Waals surface area contributed by atoms with Gasteiger partial charge in [-0.15, -0.1) is 0 Å². The molecule has 0 saturated carbocycles. The van der Waals surface area contributed by atoms with Crippen molar-refractivity contribution in [2.75, 3.05) is 51.3 Å². The van der Waals surface area contributed by atoms with E-state index in [0.29, 0.717) is 12.2 Å². The van der Waals surface area contributed by atoms with Gasteiger partial charge in [-0.3, -0.25) is 4.79 Å². The standard InChI is InChI=1S/C25H44N4O2/c1-28-17-19-29(20-18-28)24-15-14-23(22-27-24)25(31)26-16-12-10-8-6-4-2-3-5-7-9-11-13-21-30/h14-15,22,30H,2-13,16-21H2,1H3,(H,26,31). The summed E-state index contributed by atoms with van der Waals surface area (Å²) in [7, 11) is 2.14. The highest BCUT2D eigenvalue weighted by molar-refractivity contribution is 5.94. The van der Waals surface area contributed by atoms with Crippen molar-refractivity contribution >= 4 is 11.7 Å². The Morgan fingerprint density at radius 1 is 0.871 bits per heavy atom. The lowest BCUT2D eigenvalue weighted by atomic mass is 10.1. The number of unbranched alkanes of at least 4 members (excludes halogenated alkanes) is 11. The number of aromatic nitrogens is 1. The highest BCUT2D eigenvalue weighted by Gasteiger charge is 2.15. The molecule has 0 bridgehead atoms. The number of pyridine rings is 1. The second-order valence-electron chi connectivity index (χ2n) is 8.92. The van der Waals surface area contributed by atoms with E-state index in [1.165, 1.54) is 64.2 Å². The van der Waals surface area contributed by atoms with E-state index in [1.807, 2.05) is 12.1 Å². The maximum Gasteiger partial charge on any atom is 0.252 e. The molecule has 0 unspecified atom stereocenters. The molecular weight excluding hydrogens is 388 g/mol. The molecule has 1 aromatic heterocycles. The predicted octanol–water partition coefficient (Wildman–Crippen LogP) is 4.24. The van der Waals surface area contributed by atoms with Gasteiger partial charge in [-0.2, -0.15) is 0 Å². The fourth-order valence-electron chi connectivity index (χ4n) is 4.05. The summed E-state index contributed by atoms with van der Waals surface area (Å²) in [5.74, 6) is 0.947. The second-order valence-corrected chi connectivity index (χ2v) is 8.92. The fraction of sp³-hybridized carbons (Fsp3) is 0.760. The summed E-state index contributed by atoms with van der Waals surface area (Å²) in [5.41, 5.74) is 0.647. The first-order chi connectivity index (χ1) is 15.2. The van der Waals surface area contributed by atoms with Crippen molar-refractivity contribution in [3.8, 4) is 0 Å². The number of hydrogen-bond acceptors (Lipinski definition) is 5. The summed E-state index contributed by atoms with van der Waals surface area (Å²) in [5, 5.41) is 11.8. The van der Waals surface area contributed by atoms with E-state index < -0.39 is 0 Å². The number of rotatable bonds is 16. The van der Waals surface area contributed by atoms with E-state index >= 15 is 0 Å². The van der Waals surface area contributed by atoms with E-state index in [0.717, 1.165) is 51.4 Å². The Balaban J connectivity index is 1.44. The van der Waals surface area contributed by atoms with Crippen molar-refractivity contribution in [2.24, 2.45) is 0 Å². The Kier molecular flexibility index (Phi) is 13.2. The first-order valence-corrected chi connectivity index (χ1v) is 12.5. The van der Waals surface area contributed by atoms with Gasteiger partial charge in [-0.25, -0.2) is 4.98 Å². The third-order valence-corrected chi connectivity index (χ3v) is 6.21. The summed E-state index contributed by atoms with van der Waals surface area (Å²) in [4.78, 5) is 21.4. The smallest absolute Gasteiger partial charge is 0.252 e. The highest BCUT2D eigenvalue weighted by Crippen LogP contribution is 2.14. The van der Waals surface area contributed by atoms with Gasteiger partial charge in [0.15, 0.2) is 0 Å². The predicted molar refractivity (Wildman–Crippen MR) is 129 cm³/mol. The minimum Gasteiger partial charge on any atom is -0.396 e. The molecule has 0 radical (unpaired) electrons. The number of hydrogen-bond donors (Lipinski definition) is 2. The number of nitrogens with zero attached hydrogens (tertiary/aromatic N) is 3. The molecule has 1 aliphatic heterocycles. The summed E-state index contributed by atoms with van der Waals surface area (Å²) >= 11 is 0. The number of carbonyl (C=O) groups excluding carboxylic acids is 1. The maximum absolute atomic E-state index is 12.3. The van der Waals surface area contributed by atoms with Gasteiger partial charge < -0.3 is 20.2 Å². The van der Waals surface area contributed by atoms with Crippen LogP contribution in [0, 0.1) is 0 Å². The minimum absolute atomic E-state index is 0.0172. The lowest BCUT2D eigenvalue weighted by Crippen LogP contribution is -2.44. The zero-order chi connectivity index (χ0) is 22.2. The molecule has 2 N–H and O–H groups in total. The Morgan fingerprint density at radius 2 is 1.42 bits per heavy atom. The molecule has 6 heteroatoms. The van der Waals surface area contributed by atoms with E-state index in [2.05, 4.69) is 27.1 Å². The van der Waals surface area contributed by atoms with Crippen molar-refractivity contribution in [3.05, 3.63) is 23.9 Å². The normalized spacial score (nSPS) is 14.7. The molecule has 2 heterocycles. The second kappa shape index (κ2) is 16.0. The molecule has 1 aromatic rings. The van der Waals surface area contributed by atoms with Gasteiger partial charge in [0.05, 0.1) is 5.56 Å². The quantitative estimate of drug-likeness (QED) is 0.383. The van der Waals surface area contributed by atoms with E-state index in [4.69, 9.17) is 5.11 Å². The van der Waals surface area contributed by atoms with Crippen LogP contribution in [0.5, 0.6) is 0 Å². The SMILES string of the molecule is CN1CCN(c2ccc(C(=O)NCCCCCCCCCCCCCCO)cn2)CC1. The molecule has 176 valence electrons. The van der Waals surface area contributed by atoms with Crippen molar-refractivity contribution in [1.82, 2.24) is 15.2 Å². The topological polar surface area (TPSA) is 68.7 Å². The molecule has 1 fully saturated rings. The highest BCUT2D eigenvalue weighted by atomic mass is 16.2. The van der Waals surface area contributed by atoms with Crippen LogP contribution in [0.25, 0.3) is 0 Å². The minimum atomic E-state index is -0.0172. The Hall–Kier alpha value is -1.66. The average Bonchev–Trinajstić information content (AvgIpc) is 2.80. The number of aliphatic hydroxyl groups excluding tert-OH is 1. The zero-order valence-electron chi connectivity index (χ0n) is 19.7. The van der Waals surface area contributed by atoms with Gasteiger partial charge in [0.2, 0.25) is 0 Å². The van der Waals surface area contributed by atoms with Crippen molar-refractivity contribution in [3.63, 3.8) is 0 Å². The summed E-state index contributed by atoms with van der Waals surface area (Å²) in [6.07, 6.45) is 16.6. The number of nitrogens with one attached hydrogen (secondary N) is 1. The molecule has 0 spiro atoms. The zero-order valence-corrected chi connectivity index (χ0v) is 19.7. The summed E-state index contributed by atoms with van der Waals surface area (Å²) < 4.78 is 0. The lowest BCUT2D eigenvalue weighted by Gasteiger charge is -2.33. The third kappa shape index (κ3) is 11.0. The van der Waals surface area contributed by atoms with Crippen molar-refractivity contribution in [1.29, 1.82) is 0 Å².